The SMILES string of the molecule is c1ccc(C[NH+]2CC[NH+](CCCSc3cc4ccccc4[nH]3)CC2)cc1. The van der Waals surface area contributed by atoms with E-state index < -0.39 is 0 Å². The molecule has 26 heavy (non-hydrogen) atoms. The highest BCUT2D eigenvalue weighted by Crippen LogP contribution is 2.23. The molecule has 3 nitrogen and oxygen atoms in total. The zero-order valence-electron chi connectivity index (χ0n) is 15.3. The maximum absolute atomic E-state index is 3.52. The van der Waals surface area contributed by atoms with Crippen molar-refractivity contribution in [2.75, 3.05) is 38.5 Å². The van der Waals surface area contributed by atoms with E-state index in [9.17, 15) is 0 Å². The van der Waals surface area contributed by atoms with Gasteiger partial charge in [-0.15, -0.1) is 11.8 Å². The number of quaternary nitrogens is 2. The van der Waals surface area contributed by atoms with Crippen molar-refractivity contribution in [3.63, 3.8) is 0 Å². The van der Waals surface area contributed by atoms with Crippen molar-refractivity contribution in [2.45, 2.75) is 18.0 Å². The Hall–Kier alpha value is -1.75. The van der Waals surface area contributed by atoms with Gasteiger partial charge in [-0.05, 0) is 12.1 Å². The van der Waals surface area contributed by atoms with E-state index in [2.05, 4.69) is 65.6 Å². The van der Waals surface area contributed by atoms with E-state index in [-0.39, 0.29) is 0 Å². The second kappa shape index (κ2) is 8.76. The van der Waals surface area contributed by atoms with Gasteiger partial charge in [0.2, 0.25) is 0 Å². The Morgan fingerprint density at radius 1 is 0.846 bits per heavy atom. The molecule has 4 rings (SSSR count). The van der Waals surface area contributed by atoms with Gasteiger partial charge in [-0.2, -0.15) is 0 Å². The van der Waals surface area contributed by atoms with Gasteiger partial charge < -0.3 is 14.8 Å². The molecule has 2 aromatic carbocycles. The summed E-state index contributed by atoms with van der Waals surface area (Å²) in [6.07, 6.45) is 1.30. The fourth-order valence-corrected chi connectivity index (χ4v) is 4.80. The Labute approximate surface area is 160 Å². The van der Waals surface area contributed by atoms with Gasteiger partial charge in [-0.25, -0.2) is 0 Å². The third-order valence-electron chi connectivity index (χ3n) is 5.40. The molecule has 4 heteroatoms. The van der Waals surface area contributed by atoms with Crippen molar-refractivity contribution >= 4 is 22.7 Å². The number of thioether (sulfide) groups is 1. The van der Waals surface area contributed by atoms with Crippen LogP contribution in [0.5, 0.6) is 0 Å². The number of benzene rings is 2. The van der Waals surface area contributed by atoms with Crippen molar-refractivity contribution in [3.8, 4) is 0 Å². The van der Waals surface area contributed by atoms with E-state index in [4.69, 9.17) is 0 Å². The monoisotopic (exact) mass is 367 g/mol. The Kier molecular flexibility index (Phi) is 5.95. The van der Waals surface area contributed by atoms with Crippen molar-refractivity contribution in [1.82, 2.24) is 4.98 Å². The average molecular weight is 368 g/mol. The Morgan fingerprint density at radius 2 is 1.58 bits per heavy atom. The molecule has 1 aliphatic rings. The van der Waals surface area contributed by atoms with Gasteiger partial charge in [0, 0.05) is 28.6 Å². The van der Waals surface area contributed by atoms with E-state index in [1.807, 2.05) is 11.8 Å². The Morgan fingerprint density at radius 3 is 2.38 bits per heavy atom. The summed E-state index contributed by atoms with van der Waals surface area (Å²) < 4.78 is 0. The lowest BCUT2D eigenvalue weighted by molar-refractivity contribution is -1.02. The minimum Gasteiger partial charge on any atom is -0.350 e. The minimum absolute atomic E-state index is 1.18. The molecule has 0 radical (unpaired) electrons. The molecular weight excluding hydrogens is 338 g/mol. The summed E-state index contributed by atoms with van der Waals surface area (Å²) in [7, 11) is 0. The van der Waals surface area contributed by atoms with Gasteiger partial charge in [0.05, 0.1) is 11.6 Å². The predicted molar refractivity (Wildman–Crippen MR) is 110 cm³/mol. The molecule has 2 heterocycles. The highest BCUT2D eigenvalue weighted by molar-refractivity contribution is 7.99. The van der Waals surface area contributed by atoms with Crippen LogP contribution in [-0.2, 0) is 6.54 Å². The van der Waals surface area contributed by atoms with Gasteiger partial charge in [-0.1, -0.05) is 48.5 Å². The van der Waals surface area contributed by atoms with E-state index in [0.29, 0.717) is 0 Å². The largest absolute Gasteiger partial charge is 0.350 e. The topological polar surface area (TPSA) is 24.7 Å². The third-order valence-corrected chi connectivity index (χ3v) is 6.42. The summed E-state index contributed by atoms with van der Waals surface area (Å²) in [5.74, 6) is 1.21. The first kappa shape index (κ1) is 17.7. The van der Waals surface area contributed by atoms with Gasteiger partial charge >= 0.3 is 0 Å². The number of fused-ring (bicyclic) bond motifs is 1. The lowest BCUT2D eigenvalue weighted by Gasteiger charge is -2.29. The number of hydrogen-bond donors (Lipinski definition) is 3. The molecule has 0 aliphatic carbocycles. The quantitative estimate of drug-likeness (QED) is 0.429. The number of aromatic amines is 1. The molecule has 3 N–H and O–H groups in total. The number of hydrogen-bond acceptors (Lipinski definition) is 1. The average Bonchev–Trinajstić information content (AvgIpc) is 3.10. The van der Waals surface area contributed by atoms with Crippen LogP contribution in [0.1, 0.15) is 12.0 Å². The van der Waals surface area contributed by atoms with Crippen molar-refractivity contribution < 1.29 is 9.80 Å². The normalized spacial score (nSPS) is 20.5. The highest BCUT2D eigenvalue weighted by atomic mass is 32.2. The van der Waals surface area contributed by atoms with E-state index in [0.717, 1.165) is 0 Å². The van der Waals surface area contributed by atoms with Gasteiger partial charge in [-0.3, -0.25) is 0 Å². The van der Waals surface area contributed by atoms with Crippen LogP contribution in [0, 0.1) is 0 Å². The molecular formula is C22H29N3S+2. The first-order valence-electron chi connectivity index (χ1n) is 9.78. The van der Waals surface area contributed by atoms with Crippen molar-refractivity contribution in [1.29, 1.82) is 0 Å². The maximum Gasteiger partial charge on any atom is 0.127 e. The van der Waals surface area contributed by atoms with Crippen LogP contribution in [0.15, 0.2) is 65.7 Å². The first-order valence-corrected chi connectivity index (χ1v) is 10.8. The number of aromatic nitrogens is 1. The van der Waals surface area contributed by atoms with Gasteiger partial charge in [0.25, 0.3) is 0 Å². The predicted octanol–water partition coefficient (Wildman–Crippen LogP) is 1.63. The highest BCUT2D eigenvalue weighted by Gasteiger charge is 2.22. The zero-order chi connectivity index (χ0) is 17.6. The van der Waals surface area contributed by atoms with Crippen LogP contribution in [0.25, 0.3) is 10.9 Å². The molecule has 0 atom stereocenters. The van der Waals surface area contributed by atoms with E-state index in [1.54, 1.807) is 9.80 Å². The molecule has 0 saturated carbocycles. The van der Waals surface area contributed by atoms with Crippen LogP contribution in [0.4, 0.5) is 0 Å². The minimum atomic E-state index is 1.18. The molecule has 0 spiro atoms. The Balaban J connectivity index is 1.15. The summed E-state index contributed by atoms with van der Waals surface area (Å²) in [6, 6.07) is 21.7. The number of H-pyrrole nitrogens is 1. The summed E-state index contributed by atoms with van der Waals surface area (Å²) in [5, 5.41) is 2.62. The maximum atomic E-state index is 3.52. The first-order chi connectivity index (χ1) is 12.9. The summed E-state index contributed by atoms with van der Waals surface area (Å²) in [4.78, 5) is 7.05. The lowest BCUT2D eigenvalue weighted by atomic mass is 10.2. The standard InChI is InChI=1S/C22H27N3S/c1-2-7-19(8-3-1)18-25-14-12-24(13-15-25)11-6-16-26-22-17-20-9-4-5-10-21(20)23-22/h1-5,7-10,17,23H,6,11-16,18H2/p+2. The summed E-state index contributed by atoms with van der Waals surface area (Å²) in [6.45, 7) is 7.74. The molecule has 0 unspecified atom stereocenters. The zero-order valence-corrected chi connectivity index (χ0v) is 16.2. The number of nitrogens with one attached hydrogen (secondary N) is 3. The van der Waals surface area contributed by atoms with Crippen LogP contribution < -0.4 is 9.80 Å². The summed E-state index contributed by atoms with van der Waals surface area (Å²) in [5.41, 5.74) is 2.72. The van der Waals surface area contributed by atoms with Crippen molar-refractivity contribution in [3.05, 3.63) is 66.2 Å². The fourth-order valence-electron chi connectivity index (χ4n) is 3.90. The van der Waals surface area contributed by atoms with Crippen LogP contribution in [0.2, 0.25) is 0 Å². The third kappa shape index (κ3) is 4.70. The number of rotatable bonds is 7. The molecule has 1 saturated heterocycles. The van der Waals surface area contributed by atoms with Crippen LogP contribution >= 0.6 is 11.8 Å². The van der Waals surface area contributed by atoms with Crippen molar-refractivity contribution in [2.24, 2.45) is 0 Å². The molecule has 0 bridgehead atoms. The van der Waals surface area contributed by atoms with E-state index in [1.165, 1.54) is 72.9 Å². The lowest BCUT2D eigenvalue weighted by Crippen LogP contribution is -3.27. The second-order valence-electron chi connectivity index (χ2n) is 7.34. The molecule has 3 aromatic rings. The Bertz CT molecular complexity index is 773. The molecule has 0 amide bonds. The summed E-state index contributed by atoms with van der Waals surface area (Å²) >= 11 is 1.96. The van der Waals surface area contributed by atoms with E-state index >= 15 is 0 Å². The number of piperazine rings is 1. The smallest absolute Gasteiger partial charge is 0.127 e. The molecule has 1 aliphatic heterocycles. The fraction of sp³-hybridized carbons (Fsp3) is 0.364. The second-order valence-corrected chi connectivity index (χ2v) is 8.47. The molecule has 1 aromatic heterocycles. The molecule has 1 fully saturated rings. The van der Waals surface area contributed by atoms with Gasteiger partial charge in [0.1, 0.15) is 32.7 Å². The number of para-hydroxylation sites is 1. The van der Waals surface area contributed by atoms with Crippen LogP contribution in [-0.4, -0.2) is 43.5 Å². The molecule has 136 valence electrons. The van der Waals surface area contributed by atoms with Crippen LogP contribution in [0.3, 0.4) is 0 Å². The van der Waals surface area contributed by atoms with Gasteiger partial charge in [0.15, 0.2) is 0 Å².